The highest BCUT2D eigenvalue weighted by molar-refractivity contribution is 5.74. The van der Waals surface area contributed by atoms with Crippen LogP contribution in [0.3, 0.4) is 0 Å². The molecular weight excluding hydrogens is 348 g/mol. The normalized spacial score (nSPS) is 29.7. The number of benzene rings is 1. The maximum Gasteiger partial charge on any atom is 0.315 e. The van der Waals surface area contributed by atoms with E-state index < -0.39 is 24.5 Å². The van der Waals surface area contributed by atoms with Crippen LogP contribution in [0, 0.1) is 0 Å². The van der Waals surface area contributed by atoms with Crippen molar-refractivity contribution in [1.29, 1.82) is 0 Å². The Hall–Kier alpha value is -2.42. The van der Waals surface area contributed by atoms with Gasteiger partial charge in [-0.1, -0.05) is 30.3 Å². The van der Waals surface area contributed by atoms with Crippen molar-refractivity contribution in [2.75, 3.05) is 6.61 Å². The summed E-state index contributed by atoms with van der Waals surface area (Å²) in [5.41, 5.74) is 1.97. The second-order valence-corrected chi connectivity index (χ2v) is 7.23. The summed E-state index contributed by atoms with van der Waals surface area (Å²) in [6.07, 6.45) is 1.73. The van der Waals surface area contributed by atoms with Crippen molar-refractivity contribution in [2.45, 2.75) is 50.5 Å². The summed E-state index contributed by atoms with van der Waals surface area (Å²) in [5.74, 6) is 0. The first kappa shape index (κ1) is 18.0. The fourth-order valence-corrected chi connectivity index (χ4v) is 3.60. The molecule has 3 heterocycles. The number of aliphatic hydroxyl groups is 1. The SMILES string of the molecule is CC(C)NC(=O)N[C@H]1[C@H](O)[C@@H](n2cc(-c3ccccc3)cn2)[C@@H]2OC[C@H]1O2. The lowest BCUT2D eigenvalue weighted by Crippen LogP contribution is -2.60. The third kappa shape index (κ3) is 3.55. The lowest BCUT2D eigenvalue weighted by Gasteiger charge is -2.38. The molecule has 0 aliphatic carbocycles. The first-order valence-electron chi connectivity index (χ1n) is 9.14. The zero-order valence-corrected chi connectivity index (χ0v) is 15.3. The van der Waals surface area contributed by atoms with Gasteiger partial charge in [-0.3, -0.25) is 4.68 Å². The second-order valence-electron chi connectivity index (χ2n) is 7.23. The van der Waals surface area contributed by atoms with Gasteiger partial charge in [-0.25, -0.2) is 4.79 Å². The van der Waals surface area contributed by atoms with Gasteiger partial charge in [0.1, 0.15) is 18.2 Å². The van der Waals surface area contributed by atoms with Crippen molar-refractivity contribution >= 4 is 6.03 Å². The zero-order chi connectivity index (χ0) is 19.0. The van der Waals surface area contributed by atoms with E-state index in [-0.39, 0.29) is 18.2 Å². The predicted molar refractivity (Wildman–Crippen MR) is 97.9 cm³/mol. The molecule has 4 rings (SSSR count). The highest BCUT2D eigenvalue weighted by Gasteiger charge is 2.51. The minimum atomic E-state index is -0.891. The van der Waals surface area contributed by atoms with Crippen LogP contribution in [0.25, 0.3) is 11.1 Å². The van der Waals surface area contributed by atoms with Gasteiger partial charge in [0.2, 0.25) is 0 Å². The van der Waals surface area contributed by atoms with Crippen LogP contribution in [-0.4, -0.2) is 58.1 Å². The third-order valence-corrected chi connectivity index (χ3v) is 4.86. The number of carbonyl (C=O) groups is 1. The van der Waals surface area contributed by atoms with E-state index in [9.17, 15) is 9.90 Å². The Morgan fingerprint density at radius 2 is 2.07 bits per heavy atom. The van der Waals surface area contributed by atoms with Gasteiger partial charge in [-0.05, 0) is 19.4 Å². The summed E-state index contributed by atoms with van der Waals surface area (Å²) in [6, 6.07) is 8.39. The lowest BCUT2D eigenvalue weighted by atomic mass is 9.96. The quantitative estimate of drug-likeness (QED) is 0.751. The first-order valence-corrected chi connectivity index (χ1v) is 9.14. The monoisotopic (exact) mass is 372 g/mol. The van der Waals surface area contributed by atoms with E-state index in [4.69, 9.17) is 9.47 Å². The number of fused-ring (bicyclic) bond motifs is 2. The van der Waals surface area contributed by atoms with Gasteiger partial charge in [-0.2, -0.15) is 5.10 Å². The Balaban J connectivity index is 1.55. The Morgan fingerprint density at radius 1 is 1.30 bits per heavy atom. The van der Waals surface area contributed by atoms with Crippen molar-refractivity contribution in [1.82, 2.24) is 20.4 Å². The molecule has 3 N–H and O–H groups in total. The minimum absolute atomic E-state index is 0.00503. The maximum atomic E-state index is 12.1. The molecule has 8 nitrogen and oxygen atoms in total. The molecular formula is C19H24N4O4. The van der Waals surface area contributed by atoms with Crippen LogP contribution in [0.2, 0.25) is 0 Å². The molecule has 1 aromatic carbocycles. The Morgan fingerprint density at radius 3 is 2.81 bits per heavy atom. The molecule has 144 valence electrons. The topological polar surface area (TPSA) is 97.6 Å². The number of urea groups is 1. The van der Waals surface area contributed by atoms with Crippen LogP contribution >= 0.6 is 0 Å². The number of nitrogens with one attached hydrogen (secondary N) is 2. The van der Waals surface area contributed by atoms with Crippen LogP contribution in [0.1, 0.15) is 19.9 Å². The number of amides is 2. The van der Waals surface area contributed by atoms with Gasteiger partial charge in [0, 0.05) is 17.8 Å². The van der Waals surface area contributed by atoms with E-state index in [1.807, 2.05) is 50.4 Å². The highest BCUT2D eigenvalue weighted by Crippen LogP contribution is 2.36. The van der Waals surface area contributed by atoms with Crippen LogP contribution in [0.4, 0.5) is 4.79 Å². The van der Waals surface area contributed by atoms with E-state index in [2.05, 4.69) is 15.7 Å². The summed E-state index contributed by atoms with van der Waals surface area (Å²) >= 11 is 0. The highest BCUT2D eigenvalue weighted by atomic mass is 16.7. The van der Waals surface area contributed by atoms with Gasteiger partial charge in [0.05, 0.1) is 18.8 Å². The first-order chi connectivity index (χ1) is 13.0. The van der Waals surface area contributed by atoms with Crippen molar-refractivity contribution in [3.63, 3.8) is 0 Å². The summed E-state index contributed by atoms with van der Waals surface area (Å²) < 4.78 is 13.3. The molecule has 2 aliphatic rings. The van der Waals surface area contributed by atoms with Crippen LogP contribution in [0.15, 0.2) is 42.7 Å². The van der Waals surface area contributed by atoms with E-state index in [0.29, 0.717) is 6.61 Å². The molecule has 0 saturated carbocycles. The summed E-state index contributed by atoms with van der Waals surface area (Å²) in [5, 5.41) is 21.0. The number of ether oxygens (including phenoxy) is 2. The van der Waals surface area contributed by atoms with Gasteiger partial charge >= 0.3 is 6.03 Å². The predicted octanol–water partition coefficient (Wildman–Crippen LogP) is 1.28. The number of aliphatic hydroxyl groups excluding tert-OH is 1. The molecule has 2 aromatic rings. The molecule has 27 heavy (non-hydrogen) atoms. The molecule has 2 amide bonds. The van der Waals surface area contributed by atoms with Gasteiger partial charge in [-0.15, -0.1) is 0 Å². The number of hydrogen-bond acceptors (Lipinski definition) is 5. The number of rotatable bonds is 4. The van der Waals surface area contributed by atoms with E-state index >= 15 is 0 Å². The van der Waals surface area contributed by atoms with Gasteiger partial charge in [0.15, 0.2) is 6.29 Å². The van der Waals surface area contributed by atoms with E-state index in [1.54, 1.807) is 10.9 Å². The van der Waals surface area contributed by atoms with Crippen LogP contribution in [0.5, 0.6) is 0 Å². The zero-order valence-electron chi connectivity index (χ0n) is 15.3. The smallest absolute Gasteiger partial charge is 0.315 e. The van der Waals surface area contributed by atoms with Crippen molar-refractivity contribution in [3.05, 3.63) is 42.7 Å². The molecule has 8 heteroatoms. The standard InChI is InChI=1S/C19H24N4O4/c1-11(2)21-19(25)22-15-14-10-26-18(27-14)16(17(15)24)23-9-13(8-20-23)12-6-4-3-5-7-12/h3-9,11,14-18,24H,10H2,1-2H3,(H2,21,22,25)/t14-,15-,16-,17+,18-/m1/s1. The number of carbonyl (C=O) groups excluding carboxylic acids is 1. The lowest BCUT2D eigenvalue weighted by molar-refractivity contribution is -0.166. The van der Waals surface area contributed by atoms with E-state index in [1.165, 1.54) is 0 Å². The number of nitrogens with zero attached hydrogens (tertiary/aromatic N) is 2. The fourth-order valence-electron chi connectivity index (χ4n) is 3.60. The van der Waals surface area contributed by atoms with Crippen molar-refractivity contribution < 1.29 is 19.4 Å². The largest absolute Gasteiger partial charge is 0.388 e. The Kier molecular flexibility index (Phi) is 4.86. The average Bonchev–Trinajstić information content (AvgIpc) is 3.28. The number of hydrogen-bond donors (Lipinski definition) is 3. The van der Waals surface area contributed by atoms with Gasteiger partial charge in [0.25, 0.3) is 0 Å². The fraction of sp³-hybridized carbons (Fsp3) is 0.474. The van der Waals surface area contributed by atoms with Gasteiger partial charge < -0.3 is 25.2 Å². The molecule has 0 spiro atoms. The Bertz CT molecular complexity index is 794. The summed E-state index contributed by atoms with van der Waals surface area (Å²) in [6.45, 7) is 4.07. The molecule has 2 saturated heterocycles. The van der Waals surface area contributed by atoms with Crippen molar-refractivity contribution in [3.8, 4) is 11.1 Å². The van der Waals surface area contributed by atoms with Crippen LogP contribution < -0.4 is 10.6 Å². The second kappa shape index (κ2) is 7.30. The maximum absolute atomic E-state index is 12.1. The summed E-state index contributed by atoms with van der Waals surface area (Å²) in [7, 11) is 0. The molecule has 5 atom stereocenters. The third-order valence-electron chi connectivity index (χ3n) is 4.86. The minimum Gasteiger partial charge on any atom is -0.388 e. The summed E-state index contributed by atoms with van der Waals surface area (Å²) in [4.78, 5) is 12.1. The Labute approximate surface area is 157 Å². The molecule has 2 aliphatic heterocycles. The number of aromatic nitrogens is 2. The van der Waals surface area contributed by atoms with Crippen LogP contribution in [-0.2, 0) is 9.47 Å². The molecule has 0 radical (unpaired) electrons. The molecule has 0 unspecified atom stereocenters. The van der Waals surface area contributed by atoms with Crippen molar-refractivity contribution in [2.24, 2.45) is 0 Å². The average molecular weight is 372 g/mol. The molecule has 1 aromatic heterocycles. The molecule has 2 fully saturated rings. The van der Waals surface area contributed by atoms with E-state index in [0.717, 1.165) is 11.1 Å². The molecule has 2 bridgehead atoms.